The summed E-state index contributed by atoms with van der Waals surface area (Å²) in [5.41, 5.74) is 0.372. The molecule has 0 heterocycles. The lowest BCUT2D eigenvalue weighted by molar-refractivity contribution is -0.384. The third-order valence-corrected chi connectivity index (χ3v) is 3.33. The predicted molar refractivity (Wildman–Crippen MR) is 88.2 cm³/mol. The number of hydrogen-bond acceptors (Lipinski definition) is 6. The van der Waals surface area contributed by atoms with Crippen LogP contribution in [0.1, 0.15) is 15.9 Å². The lowest BCUT2D eigenvalue weighted by atomic mass is 10.1. The number of nitro benzene ring substituents is 1. The number of nitro groups is 1. The molecule has 0 spiro atoms. The first-order valence-electron chi connectivity index (χ1n) is 6.82. The fourth-order valence-corrected chi connectivity index (χ4v) is 2.01. The summed E-state index contributed by atoms with van der Waals surface area (Å²) in [7, 11) is 0. The highest BCUT2D eigenvalue weighted by molar-refractivity contribution is 6.32. The summed E-state index contributed by atoms with van der Waals surface area (Å²) in [6.45, 7) is -0.574. The lowest BCUT2D eigenvalue weighted by Crippen LogP contribution is -2.21. The molecule has 0 atom stereocenters. The van der Waals surface area contributed by atoms with E-state index in [1.165, 1.54) is 36.4 Å². The predicted octanol–water partition coefficient (Wildman–Crippen LogP) is 2.92. The number of nitrogens with zero attached hydrogens (tertiary/aromatic N) is 2. The van der Waals surface area contributed by atoms with Crippen molar-refractivity contribution in [2.75, 3.05) is 11.9 Å². The maximum absolute atomic E-state index is 11.8. The van der Waals surface area contributed by atoms with Gasteiger partial charge in [0.2, 0.25) is 0 Å². The number of benzene rings is 2. The second kappa shape index (κ2) is 7.90. The van der Waals surface area contributed by atoms with Crippen LogP contribution in [0.3, 0.4) is 0 Å². The number of esters is 1. The van der Waals surface area contributed by atoms with Crippen molar-refractivity contribution in [3.8, 4) is 6.07 Å². The van der Waals surface area contributed by atoms with Crippen molar-refractivity contribution in [1.29, 1.82) is 5.26 Å². The average molecular weight is 360 g/mol. The van der Waals surface area contributed by atoms with Crippen LogP contribution in [0.25, 0.3) is 0 Å². The third-order valence-electron chi connectivity index (χ3n) is 3.01. The maximum atomic E-state index is 11.8. The molecule has 0 fully saturated rings. The molecule has 8 nitrogen and oxygen atoms in total. The van der Waals surface area contributed by atoms with E-state index in [0.717, 1.165) is 6.07 Å². The Hall–Kier alpha value is -3.44. The van der Waals surface area contributed by atoms with Crippen LogP contribution >= 0.6 is 11.6 Å². The van der Waals surface area contributed by atoms with Crippen molar-refractivity contribution in [2.45, 2.75) is 0 Å². The zero-order chi connectivity index (χ0) is 18.4. The topological polar surface area (TPSA) is 122 Å². The van der Waals surface area contributed by atoms with E-state index in [1.807, 2.05) is 6.07 Å². The monoisotopic (exact) mass is 359 g/mol. The molecule has 0 aromatic heterocycles. The van der Waals surface area contributed by atoms with Crippen LogP contribution in [0.5, 0.6) is 0 Å². The molecule has 0 unspecified atom stereocenters. The molecule has 1 N–H and O–H groups in total. The minimum Gasteiger partial charge on any atom is -0.452 e. The average Bonchev–Trinajstić information content (AvgIpc) is 2.61. The quantitative estimate of drug-likeness (QED) is 0.497. The minimum absolute atomic E-state index is 0.0600. The van der Waals surface area contributed by atoms with E-state index >= 15 is 0 Å². The van der Waals surface area contributed by atoms with Gasteiger partial charge in [-0.15, -0.1) is 0 Å². The molecular formula is C16H10ClN3O5. The number of nitriles is 1. The smallest absolute Gasteiger partial charge is 0.338 e. The summed E-state index contributed by atoms with van der Waals surface area (Å²) < 4.78 is 4.84. The van der Waals surface area contributed by atoms with Crippen LogP contribution in [0.2, 0.25) is 5.02 Å². The van der Waals surface area contributed by atoms with Crippen LogP contribution in [-0.4, -0.2) is 23.4 Å². The highest BCUT2D eigenvalue weighted by atomic mass is 35.5. The van der Waals surface area contributed by atoms with E-state index in [9.17, 15) is 19.7 Å². The van der Waals surface area contributed by atoms with E-state index in [4.69, 9.17) is 21.6 Å². The number of nitrogens with one attached hydrogen (secondary N) is 1. The number of amides is 1. The first-order valence-corrected chi connectivity index (χ1v) is 7.19. The van der Waals surface area contributed by atoms with Gasteiger partial charge >= 0.3 is 5.97 Å². The fourth-order valence-electron chi connectivity index (χ4n) is 1.82. The number of halogens is 1. The Labute approximate surface area is 146 Å². The van der Waals surface area contributed by atoms with Gasteiger partial charge in [-0.1, -0.05) is 11.6 Å². The molecule has 1 amide bonds. The Balaban J connectivity index is 1.94. The lowest BCUT2D eigenvalue weighted by Gasteiger charge is -2.07. The van der Waals surface area contributed by atoms with Gasteiger partial charge in [0.05, 0.1) is 22.1 Å². The standard InChI is InChI=1S/C16H10ClN3O5/c17-13-6-5-12(7-14(13)20(23)24)19-15(21)9-25-16(22)11-3-1-10(8-18)2-4-11/h1-7H,9H2,(H,19,21). The molecule has 0 saturated heterocycles. The van der Waals surface area contributed by atoms with Crippen molar-refractivity contribution >= 4 is 34.9 Å². The molecule has 9 heteroatoms. The van der Waals surface area contributed by atoms with Crippen LogP contribution < -0.4 is 5.32 Å². The van der Waals surface area contributed by atoms with Crippen LogP contribution in [0, 0.1) is 21.4 Å². The van der Waals surface area contributed by atoms with Gasteiger partial charge in [0.25, 0.3) is 11.6 Å². The zero-order valence-corrected chi connectivity index (χ0v) is 13.3. The molecular weight excluding hydrogens is 350 g/mol. The first-order chi connectivity index (χ1) is 11.9. The Morgan fingerprint density at radius 2 is 1.92 bits per heavy atom. The highest BCUT2D eigenvalue weighted by Gasteiger charge is 2.15. The summed E-state index contributed by atoms with van der Waals surface area (Å²) >= 11 is 5.68. The van der Waals surface area contributed by atoms with E-state index < -0.39 is 23.4 Å². The van der Waals surface area contributed by atoms with Gasteiger partial charge in [0, 0.05) is 11.8 Å². The fraction of sp³-hybridized carbons (Fsp3) is 0.0625. The third kappa shape index (κ3) is 4.76. The van der Waals surface area contributed by atoms with Crippen molar-refractivity contribution in [2.24, 2.45) is 0 Å². The van der Waals surface area contributed by atoms with Crippen molar-refractivity contribution in [3.05, 3.63) is 68.7 Å². The summed E-state index contributed by atoms with van der Waals surface area (Å²) in [5, 5.41) is 21.8. The maximum Gasteiger partial charge on any atom is 0.338 e. The molecule has 126 valence electrons. The summed E-state index contributed by atoms with van der Waals surface area (Å²) in [5.74, 6) is -1.40. The first kappa shape index (κ1) is 17.9. The number of carbonyl (C=O) groups excluding carboxylic acids is 2. The molecule has 25 heavy (non-hydrogen) atoms. The van der Waals surface area contributed by atoms with Gasteiger partial charge < -0.3 is 10.1 Å². The van der Waals surface area contributed by atoms with Crippen LogP contribution in [-0.2, 0) is 9.53 Å². The van der Waals surface area contributed by atoms with Gasteiger partial charge in [-0.2, -0.15) is 5.26 Å². The number of ether oxygens (including phenoxy) is 1. The Morgan fingerprint density at radius 1 is 1.24 bits per heavy atom. The van der Waals surface area contributed by atoms with Crippen molar-refractivity contribution < 1.29 is 19.2 Å². The Morgan fingerprint density at radius 3 is 2.52 bits per heavy atom. The SMILES string of the molecule is N#Cc1ccc(C(=O)OCC(=O)Nc2ccc(Cl)c([N+](=O)[O-])c2)cc1. The van der Waals surface area contributed by atoms with Gasteiger partial charge in [-0.05, 0) is 36.4 Å². The number of anilines is 1. The van der Waals surface area contributed by atoms with E-state index in [1.54, 1.807) is 0 Å². The zero-order valence-electron chi connectivity index (χ0n) is 12.6. The molecule has 2 aromatic rings. The second-order valence-corrected chi connectivity index (χ2v) is 5.14. The molecule has 0 saturated carbocycles. The van der Waals surface area contributed by atoms with E-state index in [0.29, 0.717) is 5.56 Å². The van der Waals surface area contributed by atoms with Crippen LogP contribution in [0.15, 0.2) is 42.5 Å². The van der Waals surface area contributed by atoms with E-state index in [-0.39, 0.29) is 22.0 Å². The van der Waals surface area contributed by atoms with Crippen molar-refractivity contribution in [3.63, 3.8) is 0 Å². The summed E-state index contributed by atoms with van der Waals surface area (Å²) in [4.78, 5) is 33.7. The Kier molecular flexibility index (Phi) is 5.66. The molecule has 0 bridgehead atoms. The molecule has 0 aliphatic rings. The highest BCUT2D eigenvalue weighted by Crippen LogP contribution is 2.27. The van der Waals surface area contributed by atoms with Gasteiger partial charge in [0.15, 0.2) is 6.61 Å². The number of carbonyl (C=O) groups is 2. The minimum atomic E-state index is -0.735. The second-order valence-electron chi connectivity index (χ2n) is 4.74. The molecule has 2 rings (SSSR count). The van der Waals surface area contributed by atoms with Gasteiger partial charge in [0.1, 0.15) is 5.02 Å². The Bertz CT molecular complexity index is 874. The molecule has 0 aliphatic heterocycles. The van der Waals surface area contributed by atoms with Gasteiger partial charge in [-0.25, -0.2) is 4.79 Å². The molecule has 0 radical (unpaired) electrons. The molecule has 2 aromatic carbocycles. The number of rotatable bonds is 5. The van der Waals surface area contributed by atoms with E-state index in [2.05, 4.69) is 5.32 Å². The summed E-state index contributed by atoms with van der Waals surface area (Å²) in [6, 6.07) is 11.4. The van der Waals surface area contributed by atoms with Crippen LogP contribution in [0.4, 0.5) is 11.4 Å². The number of hydrogen-bond donors (Lipinski definition) is 1. The van der Waals surface area contributed by atoms with Crippen molar-refractivity contribution in [1.82, 2.24) is 0 Å². The van der Waals surface area contributed by atoms with Gasteiger partial charge in [-0.3, -0.25) is 14.9 Å². The summed E-state index contributed by atoms with van der Waals surface area (Å²) in [6.07, 6.45) is 0. The molecule has 0 aliphatic carbocycles. The normalized spacial score (nSPS) is 9.76. The largest absolute Gasteiger partial charge is 0.452 e.